The van der Waals surface area contributed by atoms with Crippen molar-refractivity contribution in [2.24, 2.45) is 5.92 Å². The third-order valence-electron chi connectivity index (χ3n) is 6.34. The van der Waals surface area contributed by atoms with Crippen molar-refractivity contribution in [1.82, 2.24) is 0 Å². The summed E-state index contributed by atoms with van der Waals surface area (Å²) in [5, 5.41) is 4.09. The molecule has 2 atom stereocenters. The third kappa shape index (κ3) is 6.26. The van der Waals surface area contributed by atoms with Crippen LogP contribution in [0.1, 0.15) is 21.8 Å². The molecule has 0 saturated heterocycles. The summed E-state index contributed by atoms with van der Waals surface area (Å²) in [6, 6.07) is 9.81. The molecule has 0 bridgehead atoms. The number of carbonyl (C=O) groups is 3. The average Bonchev–Trinajstić information content (AvgIpc) is 3.49. The monoisotopic (exact) mass is 687 g/mol. The molecule has 1 fully saturated rings. The standard InChI is InChI=1S/C26H15Cl5F5N3O3/c1-39(17-7-6-16(32)21(20(17)33)38-24(42)26(34,35)36)23(41)12-9-11(3-5-13(12)27)37-22(40)19-18(25(19,30)31)10-2-4-14(28)15(29)8-10/h2-9,18-19H,1H3,(H,37,40)(H,38,42)/t18-,19?/m0/s1. The molecule has 1 saturated carbocycles. The minimum Gasteiger partial charge on any atom is -0.326 e. The number of nitrogens with one attached hydrogen (secondary N) is 2. The molecule has 2 N–H and O–H groups in total. The lowest BCUT2D eigenvalue weighted by Crippen LogP contribution is -2.32. The topological polar surface area (TPSA) is 78.5 Å². The number of hydrogen-bond donors (Lipinski definition) is 2. The van der Waals surface area contributed by atoms with E-state index in [1.54, 1.807) is 6.07 Å². The van der Waals surface area contributed by atoms with Crippen LogP contribution in [0.3, 0.4) is 0 Å². The van der Waals surface area contributed by atoms with Crippen LogP contribution < -0.4 is 15.5 Å². The number of amides is 3. The lowest BCUT2D eigenvalue weighted by Gasteiger charge is -2.21. The van der Waals surface area contributed by atoms with Crippen LogP contribution in [-0.4, -0.2) is 35.3 Å². The van der Waals surface area contributed by atoms with Crippen molar-refractivity contribution in [3.05, 3.63) is 86.4 Å². The average molecular weight is 690 g/mol. The zero-order valence-corrected chi connectivity index (χ0v) is 24.5. The SMILES string of the molecule is CN(C(=O)c1cc(NC(=O)C2[C@H](c3ccc(Cl)c(Cl)c3)C2(Cl)Cl)ccc1Cl)c1ccc(F)c(NC(=O)C(F)(F)F)c1F. The van der Waals surface area contributed by atoms with Gasteiger partial charge in [-0.25, -0.2) is 8.78 Å². The maximum absolute atomic E-state index is 15.0. The number of rotatable bonds is 6. The second kappa shape index (κ2) is 11.7. The molecule has 0 spiro atoms. The molecule has 3 aromatic rings. The highest BCUT2D eigenvalue weighted by atomic mass is 35.5. The number of hydrogen-bond acceptors (Lipinski definition) is 3. The molecule has 0 radical (unpaired) electrons. The summed E-state index contributed by atoms with van der Waals surface area (Å²) < 4.78 is 65.5. The van der Waals surface area contributed by atoms with Gasteiger partial charge < -0.3 is 15.5 Å². The van der Waals surface area contributed by atoms with Crippen LogP contribution in [-0.2, 0) is 9.59 Å². The van der Waals surface area contributed by atoms with Crippen molar-refractivity contribution in [2.45, 2.75) is 16.4 Å². The van der Waals surface area contributed by atoms with E-state index < -0.39 is 63.1 Å². The normalized spacial score (nSPS) is 17.4. The Bertz CT molecular complexity index is 1620. The Kier molecular flexibility index (Phi) is 8.93. The highest BCUT2D eigenvalue weighted by molar-refractivity contribution is 6.53. The quantitative estimate of drug-likeness (QED) is 0.202. The van der Waals surface area contributed by atoms with Crippen LogP contribution in [0, 0.1) is 17.6 Å². The minimum absolute atomic E-state index is 0.0720. The molecule has 222 valence electrons. The summed E-state index contributed by atoms with van der Waals surface area (Å²) in [6.45, 7) is 0. The van der Waals surface area contributed by atoms with E-state index in [1.165, 1.54) is 24.3 Å². The molecule has 1 aliphatic carbocycles. The van der Waals surface area contributed by atoms with Gasteiger partial charge in [0, 0.05) is 18.7 Å². The van der Waals surface area contributed by atoms with Gasteiger partial charge in [0.25, 0.3) is 5.91 Å². The predicted molar refractivity (Wildman–Crippen MR) is 151 cm³/mol. The van der Waals surface area contributed by atoms with Crippen LogP contribution in [0.25, 0.3) is 0 Å². The van der Waals surface area contributed by atoms with Crippen LogP contribution in [0.5, 0.6) is 0 Å². The Hall–Kier alpha value is -2.83. The van der Waals surface area contributed by atoms with Gasteiger partial charge in [-0.05, 0) is 48.0 Å². The van der Waals surface area contributed by atoms with Crippen LogP contribution >= 0.6 is 58.0 Å². The number of carbonyl (C=O) groups excluding carboxylic acids is 3. The highest BCUT2D eigenvalue weighted by Crippen LogP contribution is 2.65. The van der Waals surface area contributed by atoms with Crippen molar-refractivity contribution in [2.75, 3.05) is 22.6 Å². The molecular weight excluding hydrogens is 675 g/mol. The van der Waals surface area contributed by atoms with Gasteiger partial charge in [-0.15, -0.1) is 23.2 Å². The molecule has 16 heteroatoms. The number of alkyl halides is 5. The van der Waals surface area contributed by atoms with Gasteiger partial charge in [0.15, 0.2) is 5.82 Å². The number of halogens is 10. The molecule has 42 heavy (non-hydrogen) atoms. The summed E-state index contributed by atoms with van der Waals surface area (Å²) in [4.78, 5) is 38.1. The lowest BCUT2D eigenvalue weighted by molar-refractivity contribution is -0.167. The molecule has 3 amide bonds. The Morgan fingerprint density at radius 1 is 0.881 bits per heavy atom. The second-order valence-corrected chi connectivity index (χ2v) is 11.7. The van der Waals surface area contributed by atoms with Crippen LogP contribution in [0.15, 0.2) is 48.5 Å². The van der Waals surface area contributed by atoms with E-state index in [4.69, 9.17) is 58.0 Å². The van der Waals surface area contributed by atoms with Gasteiger partial charge in [-0.2, -0.15) is 13.2 Å². The van der Waals surface area contributed by atoms with E-state index in [0.717, 1.165) is 24.5 Å². The number of nitrogens with zero attached hydrogens (tertiary/aromatic N) is 1. The summed E-state index contributed by atoms with van der Waals surface area (Å²) in [5.41, 5.74) is -1.71. The van der Waals surface area contributed by atoms with Gasteiger partial charge in [0.2, 0.25) is 5.91 Å². The zero-order valence-electron chi connectivity index (χ0n) is 20.7. The van der Waals surface area contributed by atoms with E-state index >= 15 is 4.39 Å². The molecular formula is C26H15Cl5F5N3O3. The first-order chi connectivity index (χ1) is 19.4. The predicted octanol–water partition coefficient (Wildman–Crippen LogP) is 8.23. The fraction of sp³-hybridized carbons (Fsp3) is 0.192. The van der Waals surface area contributed by atoms with E-state index in [-0.39, 0.29) is 21.3 Å². The van der Waals surface area contributed by atoms with Gasteiger partial charge >= 0.3 is 12.1 Å². The summed E-state index contributed by atoms with van der Waals surface area (Å²) >= 11 is 30.9. The first-order valence-electron chi connectivity index (χ1n) is 11.5. The Labute approximate surface area is 259 Å². The molecule has 6 nitrogen and oxygen atoms in total. The summed E-state index contributed by atoms with van der Waals surface area (Å²) in [7, 11) is 1.04. The van der Waals surface area contributed by atoms with Gasteiger partial charge in [-0.3, -0.25) is 14.4 Å². The molecule has 0 aliphatic heterocycles. The van der Waals surface area contributed by atoms with Crippen LogP contribution in [0.2, 0.25) is 15.1 Å². The Morgan fingerprint density at radius 2 is 1.52 bits per heavy atom. The van der Waals surface area contributed by atoms with Crippen LogP contribution in [0.4, 0.5) is 39.0 Å². The fourth-order valence-electron chi connectivity index (χ4n) is 4.15. The van der Waals surface area contributed by atoms with Crippen molar-refractivity contribution in [3.63, 3.8) is 0 Å². The number of anilines is 3. The number of benzene rings is 3. The van der Waals surface area contributed by atoms with Gasteiger partial charge in [0.1, 0.15) is 15.8 Å². The molecule has 4 rings (SSSR count). The molecule has 0 heterocycles. The van der Waals surface area contributed by atoms with E-state index in [9.17, 15) is 31.9 Å². The molecule has 3 aromatic carbocycles. The van der Waals surface area contributed by atoms with Gasteiger partial charge in [0.05, 0.1) is 32.2 Å². The van der Waals surface area contributed by atoms with Gasteiger partial charge in [-0.1, -0.05) is 40.9 Å². The smallest absolute Gasteiger partial charge is 0.326 e. The van der Waals surface area contributed by atoms with Crippen molar-refractivity contribution >= 4 is 92.8 Å². The fourth-order valence-corrected chi connectivity index (χ4v) is 5.48. The maximum Gasteiger partial charge on any atom is 0.471 e. The lowest BCUT2D eigenvalue weighted by atomic mass is 10.1. The molecule has 1 unspecified atom stereocenters. The first-order valence-corrected chi connectivity index (χ1v) is 13.4. The highest BCUT2D eigenvalue weighted by Gasteiger charge is 2.67. The summed E-state index contributed by atoms with van der Waals surface area (Å²) in [5.74, 6) is -8.93. The first kappa shape index (κ1) is 32.1. The Balaban J connectivity index is 1.56. The molecule has 0 aromatic heterocycles. The Morgan fingerprint density at radius 3 is 2.14 bits per heavy atom. The molecule has 1 aliphatic rings. The van der Waals surface area contributed by atoms with Crippen molar-refractivity contribution in [1.29, 1.82) is 0 Å². The zero-order chi connectivity index (χ0) is 31.3. The van der Waals surface area contributed by atoms with E-state index in [1.807, 2.05) is 0 Å². The van der Waals surface area contributed by atoms with E-state index in [2.05, 4.69) is 5.32 Å². The second-order valence-electron chi connectivity index (χ2n) is 9.06. The minimum atomic E-state index is -5.43. The van der Waals surface area contributed by atoms with Crippen molar-refractivity contribution in [3.8, 4) is 0 Å². The van der Waals surface area contributed by atoms with Crippen molar-refractivity contribution < 1.29 is 36.3 Å². The largest absolute Gasteiger partial charge is 0.471 e. The summed E-state index contributed by atoms with van der Waals surface area (Å²) in [6.07, 6.45) is -5.43. The third-order valence-corrected chi connectivity index (χ3v) is 8.34. The maximum atomic E-state index is 15.0. The van der Waals surface area contributed by atoms with E-state index in [0.29, 0.717) is 21.6 Å².